The molecule has 0 aliphatic rings. The van der Waals surface area contributed by atoms with Gasteiger partial charge in [-0.2, -0.15) is 0 Å². The van der Waals surface area contributed by atoms with Crippen LogP contribution in [0.4, 0.5) is 0 Å². The van der Waals surface area contributed by atoms with Gasteiger partial charge in [0.25, 0.3) is 0 Å². The molecule has 3 atom stereocenters. The van der Waals surface area contributed by atoms with Crippen LogP contribution in [0.1, 0.15) is 37.5 Å². The quantitative estimate of drug-likeness (QED) is 0.770. The Morgan fingerprint density at radius 1 is 1.32 bits per heavy atom. The van der Waals surface area contributed by atoms with Crippen LogP contribution in [0.2, 0.25) is 0 Å². The Labute approximate surface area is 120 Å². The van der Waals surface area contributed by atoms with Gasteiger partial charge in [0.1, 0.15) is 5.75 Å². The molecular weight excluding hydrogens is 258 g/mol. The first-order valence-electron chi connectivity index (χ1n) is 6.78. The predicted molar refractivity (Wildman–Crippen MR) is 82.8 cm³/mol. The number of benzene rings is 1. The van der Waals surface area contributed by atoms with Gasteiger partial charge in [0, 0.05) is 23.1 Å². The zero-order valence-electron chi connectivity index (χ0n) is 12.0. The molecule has 0 spiro atoms. The molecule has 0 aliphatic heterocycles. The maximum atomic E-state index is 9.02. The fraction of sp³-hybridized carbons (Fsp3) is 0.600. The van der Waals surface area contributed by atoms with E-state index < -0.39 is 0 Å². The number of thioether (sulfide) groups is 1. The number of methoxy groups -OCH3 is 1. The Balaban J connectivity index is 2.82. The molecule has 0 radical (unpaired) electrons. The molecule has 0 aromatic heterocycles. The van der Waals surface area contributed by atoms with Crippen LogP contribution in [0, 0.1) is 0 Å². The molecule has 0 bridgehead atoms. The summed E-state index contributed by atoms with van der Waals surface area (Å²) in [5.74, 6) is 0.862. The zero-order chi connectivity index (χ0) is 14.3. The van der Waals surface area contributed by atoms with Gasteiger partial charge in [-0.1, -0.05) is 26.0 Å². The second kappa shape index (κ2) is 8.46. The third-order valence-corrected chi connectivity index (χ3v) is 4.83. The fourth-order valence-corrected chi connectivity index (χ4v) is 3.39. The lowest BCUT2D eigenvalue weighted by molar-refractivity contribution is 0.288. The van der Waals surface area contributed by atoms with E-state index in [9.17, 15) is 0 Å². The molecule has 0 saturated carbocycles. The molecule has 1 aromatic rings. The average Bonchev–Trinajstić information content (AvgIpc) is 2.44. The lowest BCUT2D eigenvalue weighted by Gasteiger charge is -2.26. The number of nitrogens with two attached hydrogens (primary N) is 1. The van der Waals surface area contributed by atoms with Gasteiger partial charge in [-0.05, 0) is 30.5 Å². The Hall–Kier alpha value is -0.710. The minimum absolute atomic E-state index is 0.125. The first kappa shape index (κ1) is 16.3. The molecular formula is C15H25NO2S. The Morgan fingerprint density at radius 2 is 1.95 bits per heavy atom. The van der Waals surface area contributed by atoms with Gasteiger partial charge in [-0.25, -0.2) is 0 Å². The normalized spacial score (nSPS) is 15.8. The maximum absolute atomic E-state index is 9.02. The molecule has 3 nitrogen and oxygen atoms in total. The lowest BCUT2D eigenvalue weighted by atomic mass is 10.0. The highest BCUT2D eigenvalue weighted by molar-refractivity contribution is 8.00. The minimum Gasteiger partial charge on any atom is -0.497 e. The van der Waals surface area contributed by atoms with Crippen molar-refractivity contribution in [2.45, 2.75) is 43.2 Å². The van der Waals surface area contributed by atoms with Crippen molar-refractivity contribution >= 4 is 11.8 Å². The monoisotopic (exact) mass is 283 g/mol. The summed E-state index contributed by atoms with van der Waals surface area (Å²) in [4.78, 5) is 0. The van der Waals surface area contributed by atoms with Crippen molar-refractivity contribution in [3.05, 3.63) is 29.8 Å². The van der Waals surface area contributed by atoms with Crippen molar-refractivity contribution in [2.75, 3.05) is 13.7 Å². The van der Waals surface area contributed by atoms with Crippen LogP contribution in [0.25, 0.3) is 0 Å². The number of hydrogen-bond acceptors (Lipinski definition) is 4. The molecule has 19 heavy (non-hydrogen) atoms. The first-order valence-corrected chi connectivity index (χ1v) is 7.72. The van der Waals surface area contributed by atoms with Crippen LogP contribution in [0.3, 0.4) is 0 Å². The van der Waals surface area contributed by atoms with Gasteiger partial charge in [0.15, 0.2) is 0 Å². The van der Waals surface area contributed by atoms with E-state index >= 15 is 0 Å². The fourth-order valence-electron chi connectivity index (χ4n) is 1.93. The standard InChI is InChI=1S/C15H25NO2S/c1-4-14(16)15(19-11(2)9-10-17)12-5-7-13(18-3)8-6-12/h5-8,11,14-15,17H,4,9-10,16H2,1-3H3. The van der Waals surface area contributed by atoms with E-state index in [1.54, 1.807) is 7.11 Å². The molecule has 3 unspecified atom stereocenters. The first-order chi connectivity index (χ1) is 9.12. The highest BCUT2D eigenvalue weighted by Gasteiger charge is 2.21. The van der Waals surface area contributed by atoms with Crippen LogP contribution in [-0.2, 0) is 0 Å². The summed E-state index contributed by atoms with van der Waals surface area (Å²) in [7, 11) is 1.67. The van der Waals surface area contributed by atoms with Crippen LogP contribution in [-0.4, -0.2) is 30.1 Å². The predicted octanol–water partition coefficient (Wildman–Crippen LogP) is 2.98. The molecule has 3 N–H and O–H groups in total. The van der Waals surface area contributed by atoms with Crippen molar-refractivity contribution in [3.63, 3.8) is 0 Å². The van der Waals surface area contributed by atoms with Crippen molar-refractivity contribution in [2.24, 2.45) is 5.73 Å². The molecule has 108 valence electrons. The Morgan fingerprint density at radius 3 is 2.42 bits per heavy atom. The average molecular weight is 283 g/mol. The Bertz CT molecular complexity index is 356. The number of hydrogen-bond donors (Lipinski definition) is 2. The number of aliphatic hydroxyl groups excluding tert-OH is 1. The topological polar surface area (TPSA) is 55.5 Å². The molecule has 0 fully saturated rings. The molecule has 1 rings (SSSR count). The van der Waals surface area contributed by atoms with E-state index in [-0.39, 0.29) is 17.9 Å². The largest absolute Gasteiger partial charge is 0.497 e. The SMILES string of the molecule is CCC(N)C(SC(C)CCO)c1ccc(OC)cc1. The van der Waals surface area contributed by atoms with Gasteiger partial charge in [-0.3, -0.25) is 0 Å². The van der Waals surface area contributed by atoms with E-state index in [0.717, 1.165) is 18.6 Å². The van der Waals surface area contributed by atoms with E-state index in [2.05, 4.69) is 26.0 Å². The summed E-state index contributed by atoms with van der Waals surface area (Å²) in [6.45, 7) is 4.48. The Kier molecular flexibility index (Phi) is 7.28. The van der Waals surface area contributed by atoms with E-state index in [1.165, 1.54) is 5.56 Å². The van der Waals surface area contributed by atoms with Crippen molar-refractivity contribution in [1.29, 1.82) is 0 Å². The second-order valence-corrected chi connectivity index (χ2v) is 6.31. The highest BCUT2D eigenvalue weighted by atomic mass is 32.2. The third kappa shape index (κ3) is 5.05. The highest BCUT2D eigenvalue weighted by Crippen LogP contribution is 2.37. The molecule has 0 saturated heterocycles. The zero-order valence-corrected chi connectivity index (χ0v) is 12.8. The van der Waals surface area contributed by atoms with Crippen LogP contribution in [0.5, 0.6) is 5.75 Å². The van der Waals surface area contributed by atoms with Gasteiger partial charge in [-0.15, -0.1) is 11.8 Å². The molecule has 0 heterocycles. The van der Waals surface area contributed by atoms with Gasteiger partial charge in [0.2, 0.25) is 0 Å². The van der Waals surface area contributed by atoms with Gasteiger partial charge < -0.3 is 15.6 Å². The molecule has 0 aliphatic carbocycles. The number of aliphatic hydroxyl groups is 1. The van der Waals surface area contributed by atoms with E-state index in [0.29, 0.717) is 5.25 Å². The summed E-state index contributed by atoms with van der Waals surface area (Å²) >= 11 is 1.84. The number of rotatable bonds is 8. The van der Waals surface area contributed by atoms with Crippen molar-refractivity contribution in [1.82, 2.24) is 0 Å². The van der Waals surface area contributed by atoms with Crippen molar-refractivity contribution < 1.29 is 9.84 Å². The second-order valence-electron chi connectivity index (χ2n) is 4.72. The van der Waals surface area contributed by atoms with Crippen LogP contribution < -0.4 is 10.5 Å². The summed E-state index contributed by atoms with van der Waals surface area (Å²) in [5, 5.41) is 9.68. The summed E-state index contributed by atoms with van der Waals surface area (Å²) < 4.78 is 5.18. The summed E-state index contributed by atoms with van der Waals surface area (Å²) in [6.07, 6.45) is 1.74. The molecule has 4 heteroatoms. The minimum atomic E-state index is 0.125. The van der Waals surface area contributed by atoms with E-state index in [1.807, 2.05) is 23.9 Å². The molecule has 0 amide bonds. The summed E-state index contributed by atoms with van der Waals surface area (Å²) in [6, 6.07) is 8.24. The third-order valence-electron chi connectivity index (χ3n) is 3.22. The molecule has 1 aromatic carbocycles. The smallest absolute Gasteiger partial charge is 0.118 e. The van der Waals surface area contributed by atoms with Crippen molar-refractivity contribution in [3.8, 4) is 5.75 Å². The number of ether oxygens (including phenoxy) is 1. The van der Waals surface area contributed by atoms with Crippen LogP contribution >= 0.6 is 11.8 Å². The van der Waals surface area contributed by atoms with Gasteiger partial charge >= 0.3 is 0 Å². The summed E-state index contributed by atoms with van der Waals surface area (Å²) in [5.41, 5.74) is 7.48. The lowest BCUT2D eigenvalue weighted by Crippen LogP contribution is -2.27. The van der Waals surface area contributed by atoms with E-state index in [4.69, 9.17) is 15.6 Å². The van der Waals surface area contributed by atoms with Gasteiger partial charge in [0.05, 0.1) is 7.11 Å². The van der Waals surface area contributed by atoms with Crippen LogP contribution in [0.15, 0.2) is 24.3 Å². The maximum Gasteiger partial charge on any atom is 0.118 e.